The van der Waals surface area contributed by atoms with Gasteiger partial charge in [0.2, 0.25) is 5.91 Å². The molecule has 3 aliphatic rings. The number of Topliss-reactive ketones (excluding diaryl/α,β-unsaturated/α-hetero) is 1. The number of ketones is 1. The van der Waals surface area contributed by atoms with E-state index >= 15 is 0 Å². The summed E-state index contributed by atoms with van der Waals surface area (Å²) in [6.07, 6.45) is 3.22. The summed E-state index contributed by atoms with van der Waals surface area (Å²) < 4.78 is 25.6. The van der Waals surface area contributed by atoms with Gasteiger partial charge in [0.05, 0.1) is 28.1 Å². The Hall–Kier alpha value is -2.22. The minimum absolute atomic E-state index is 0.0529. The Morgan fingerprint density at radius 1 is 1.21 bits per heavy atom. The molecule has 1 unspecified atom stereocenters. The Labute approximate surface area is 171 Å². The summed E-state index contributed by atoms with van der Waals surface area (Å²) >= 11 is 0. The number of benzene rings is 1. The van der Waals surface area contributed by atoms with E-state index in [-0.39, 0.29) is 28.0 Å². The van der Waals surface area contributed by atoms with Gasteiger partial charge in [0.15, 0.2) is 15.6 Å². The summed E-state index contributed by atoms with van der Waals surface area (Å²) in [6.45, 7) is 6.34. The number of aliphatic imine (C=N–C) groups is 1. The molecule has 29 heavy (non-hydrogen) atoms. The van der Waals surface area contributed by atoms with E-state index in [2.05, 4.69) is 4.99 Å². The van der Waals surface area contributed by atoms with Crippen LogP contribution in [0.25, 0.3) is 0 Å². The predicted octanol–water partition coefficient (Wildman–Crippen LogP) is 2.37. The zero-order valence-corrected chi connectivity index (χ0v) is 17.8. The van der Waals surface area contributed by atoms with Gasteiger partial charge < -0.3 is 10.6 Å². The monoisotopic (exact) mass is 417 g/mol. The van der Waals surface area contributed by atoms with Gasteiger partial charge in [-0.2, -0.15) is 0 Å². The van der Waals surface area contributed by atoms with E-state index in [4.69, 9.17) is 5.73 Å². The lowest BCUT2D eigenvalue weighted by Crippen LogP contribution is -2.45. The van der Waals surface area contributed by atoms with Crippen LogP contribution in [0.2, 0.25) is 0 Å². The molecular formula is C21H27N3O4S. The molecule has 1 amide bonds. The molecule has 2 fully saturated rings. The van der Waals surface area contributed by atoms with Crippen molar-refractivity contribution in [2.45, 2.75) is 51.0 Å². The van der Waals surface area contributed by atoms with Crippen LogP contribution in [0.15, 0.2) is 28.1 Å². The Bertz CT molecular complexity index is 1020. The van der Waals surface area contributed by atoms with Crippen molar-refractivity contribution in [2.24, 2.45) is 22.2 Å². The molecule has 0 aromatic heterocycles. The summed E-state index contributed by atoms with van der Waals surface area (Å²) in [4.78, 5) is 32.8. The number of hydrogen-bond acceptors (Lipinski definition) is 6. The summed E-state index contributed by atoms with van der Waals surface area (Å²) in [6, 6.07) is 3.90. The van der Waals surface area contributed by atoms with Crippen LogP contribution in [0.4, 0.5) is 11.4 Å². The lowest BCUT2D eigenvalue weighted by molar-refractivity contribution is -0.131. The van der Waals surface area contributed by atoms with Crippen molar-refractivity contribution in [3.05, 3.63) is 18.2 Å². The number of sulfone groups is 1. The smallest absolute Gasteiger partial charge is 0.239 e. The van der Waals surface area contributed by atoms with E-state index in [0.29, 0.717) is 18.2 Å². The number of fused-ring (bicyclic) bond motifs is 1. The third kappa shape index (κ3) is 3.58. The summed E-state index contributed by atoms with van der Waals surface area (Å²) in [5.41, 5.74) is 5.98. The van der Waals surface area contributed by atoms with Crippen LogP contribution < -0.4 is 5.73 Å². The highest BCUT2D eigenvalue weighted by molar-refractivity contribution is 7.92. The SMILES string of the molecule is CC(C)(C)[C@H]1C(=O)C(C2=Nc3ccc(N)cc3S(=O)(=O)C2)C(=O)N1CCC1CC1. The van der Waals surface area contributed by atoms with E-state index in [1.54, 1.807) is 11.0 Å². The fraction of sp³-hybridized carbons (Fsp3) is 0.571. The maximum atomic E-state index is 13.4. The number of carbonyl (C=O) groups excluding carboxylic acids is 2. The minimum Gasteiger partial charge on any atom is -0.399 e. The first-order valence-corrected chi connectivity index (χ1v) is 11.7. The first kappa shape index (κ1) is 20.1. The molecule has 0 spiro atoms. The number of nitrogen functional groups attached to an aromatic ring is 1. The quantitative estimate of drug-likeness (QED) is 0.597. The number of amides is 1. The van der Waals surface area contributed by atoms with Crippen LogP contribution >= 0.6 is 0 Å². The molecule has 2 heterocycles. The molecule has 0 bridgehead atoms. The van der Waals surface area contributed by atoms with Crippen molar-refractivity contribution in [1.82, 2.24) is 4.90 Å². The van der Waals surface area contributed by atoms with E-state index in [1.807, 2.05) is 20.8 Å². The second-order valence-corrected chi connectivity index (χ2v) is 11.4. The minimum atomic E-state index is -3.72. The van der Waals surface area contributed by atoms with Crippen LogP contribution in [0.5, 0.6) is 0 Å². The average Bonchev–Trinajstić information content (AvgIpc) is 3.38. The van der Waals surface area contributed by atoms with Gasteiger partial charge in [0, 0.05) is 12.2 Å². The Morgan fingerprint density at radius 3 is 2.52 bits per heavy atom. The fourth-order valence-corrected chi connectivity index (χ4v) is 5.90. The van der Waals surface area contributed by atoms with Crippen molar-refractivity contribution in [3.63, 3.8) is 0 Å². The average molecular weight is 418 g/mol. The van der Waals surface area contributed by atoms with Crippen molar-refractivity contribution in [3.8, 4) is 0 Å². The van der Waals surface area contributed by atoms with Crippen molar-refractivity contribution >= 4 is 38.6 Å². The largest absolute Gasteiger partial charge is 0.399 e. The van der Waals surface area contributed by atoms with Crippen molar-refractivity contribution < 1.29 is 18.0 Å². The molecule has 1 saturated carbocycles. The number of anilines is 1. The van der Waals surface area contributed by atoms with Gasteiger partial charge in [0.25, 0.3) is 0 Å². The van der Waals surface area contributed by atoms with Gasteiger partial charge in [-0.1, -0.05) is 33.6 Å². The second-order valence-electron chi connectivity index (χ2n) is 9.46. The lowest BCUT2D eigenvalue weighted by atomic mass is 9.82. The van der Waals surface area contributed by atoms with Crippen LogP contribution in [0.3, 0.4) is 0 Å². The first-order chi connectivity index (χ1) is 13.5. The van der Waals surface area contributed by atoms with Gasteiger partial charge >= 0.3 is 0 Å². The number of likely N-dealkylation sites (tertiary alicyclic amines) is 1. The maximum Gasteiger partial charge on any atom is 0.239 e. The number of nitrogens with zero attached hydrogens (tertiary/aromatic N) is 2. The van der Waals surface area contributed by atoms with Gasteiger partial charge in [-0.25, -0.2) is 8.42 Å². The summed E-state index contributed by atoms with van der Waals surface area (Å²) in [5.74, 6) is -1.49. The van der Waals surface area contributed by atoms with Crippen molar-refractivity contribution in [1.29, 1.82) is 0 Å². The molecule has 4 rings (SSSR count). The highest BCUT2D eigenvalue weighted by Crippen LogP contribution is 2.40. The number of rotatable bonds is 4. The number of hydrogen-bond donors (Lipinski definition) is 1. The Kier molecular flexibility index (Phi) is 4.60. The molecule has 2 atom stereocenters. The van der Waals surface area contributed by atoms with Crippen LogP contribution in [-0.2, 0) is 19.4 Å². The highest BCUT2D eigenvalue weighted by Gasteiger charge is 2.54. The van der Waals surface area contributed by atoms with E-state index in [1.165, 1.54) is 25.0 Å². The molecule has 1 aromatic carbocycles. The molecule has 7 nitrogen and oxygen atoms in total. The third-order valence-corrected chi connectivity index (χ3v) is 7.62. The Morgan fingerprint density at radius 2 is 1.90 bits per heavy atom. The molecule has 0 radical (unpaired) electrons. The maximum absolute atomic E-state index is 13.4. The summed E-state index contributed by atoms with van der Waals surface area (Å²) in [7, 11) is -3.72. The predicted molar refractivity (Wildman–Crippen MR) is 111 cm³/mol. The second kappa shape index (κ2) is 6.65. The normalized spacial score (nSPS) is 26.4. The van der Waals surface area contributed by atoms with Gasteiger partial charge in [-0.05, 0) is 36.0 Å². The molecule has 2 N–H and O–H groups in total. The lowest BCUT2D eigenvalue weighted by Gasteiger charge is -2.33. The van der Waals surface area contributed by atoms with Crippen LogP contribution in [-0.4, -0.2) is 49.1 Å². The molecule has 156 valence electrons. The zero-order valence-electron chi connectivity index (χ0n) is 17.0. The first-order valence-electron chi connectivity index (χ1n) is 10.0. The topological polar surface area (TPSA) is 110 Å². The fourth-order valence-electron chi connectivity index (χ4n) is 4.37. The number of nitrogens with two attached hydrogens (primary N) is 1. The van der Waals surface area contributed by atoms with Crippen molar-refractivity contribution in [2.75, 3.05) is 18.0 Å². The van der Waals surface area contributed by atoms with Gasteiger partial charge in [0.1, 0.15) is 5.92 Å². The summed E-state index contributed by atoms with van der Waals surface area (Å²) in [5, 5.41) is 0. The molecule has 1 saturated heterocycles. The van der Waals surface area contributed by atoms with E-state index < -0.39 is 33.0 Å². The highest BCUT2D eigenvalue weighted by atomic mass is 32.2. The standard InChI is InChI=1S/C21H27N3O4S/c1-21(2,3)19-18(25)17(20(26)24(19)9-8-12-4-5-12)15-11-29(27,28)16-10-13(22)6-7-14(16)23-15/h6-7,10,12,17,19H,4-5,8-9,11,22H2,1-3H3/t17?,19-/m1/s1. The Balaban J connectivity index is 1.73. The molecule has 1 aliphatic carbocycles. The molecule has 1 aromatic rings. The zero-order chi connectivity index (χ0) is 21.1. The van der Waals surface area contributed by atoms with Gasteiger partial charge in [-0.3, -0.25) is 14.6 Å². The van der Waals surface area contributed by atoms with Crippen LogP contribution in [0.1, 0.15) is 40.0 Å². The van der Waals surface area contributed by atoms with Crippen LogP contribution in [0, 0.1) is 17.3 Å². The van der Waals surface area contributed by atoms with E-state index in [9.17, 15) is 18.0 Å². The molecular weight excluding hydrogens is 390 g/mol. The molecule has 2 aliphatic heterocycles. The molecule has 8 heteroatoms. The third-order valence-electron chi connectivity index (χ3n) is 5.95. The van der Waals surface area contributed by atoms with E-state index in [0.717, 1.165) is 6.42 Å². The number of carbonyl (C=O) groups is 2. The van der Waals surface area contributed by atoms with Gasteiger partial charge in [-0.15, -0.1) is 0 Å².